The van der Waals surface area contributed by atoms with Crippen molar-refractivity contribution in [3.8, 4) is 0 Å². The number of nitrogens with zero attached hydrogens (tertiary/aromatic N) is 4. The summed E-state index contributed by atoms with van der Waals surface area (Å²) in [6.45, 7) is 9.37. The minimum absolute atomic E-state index is 0.186. The lowest BCUT2D eigenvalue weighted by Gasteiger charge is -2.37. The SMILES string of the molecule is CC(C)(C)N1CCn2nc(N)nc2C1. The van der Waals surface area contributed by atoms with Crippen molar-refractivity contribution in [1.82, 2.24) is 19.7 Å². The van der Waals surface area contributed by atoms with Crippen molar-refractivity contribution < 1.29 is 0 Å². The molecular formula is C9H17N5. The Labute approximate surface area is 83.9 Å². The first-order valence-corrected chi connectivity index (χ1v) is 4.91. The van der Waals surface area contributed by atoms with Gasteiger partial charge >= 0.3 is 0 Å². The van der Waals surface area contributed by atoms with Crippen LogP contribution in [0.25, 0.3) is 0 Å². The summed E-state index contributed by atoms with van der Waals surface area (Å²) in [5.41, 5.74) is 5.74. The zero-order chi connectivity index (χ0) is 10.3. The van der Waals surface area contributed by atoms with Crippen LogP contribution in [0.1, 0.15) is 26.6 Å². The molecule has 1 aliphatic heterocycles. The number of rotatable bonds is 0. The monoisotopic (exact) mass is 195 g/mol. The third kappa shape index (κ3) is 1.59. The predicted octanol–water partition coefficient (Wildman–Crippen LogP) is 0.474. The summed E-state index contributed by atoms with van der Waals surface area (Å²) in [4.78, 5) is 6.59. The van der Waals surface area contributed by atoms with E-state index >= 15 is 0 Å². The molecule has 0 saturated carbocycles. The zero-order valence-electron chi connectivity index (χ0n) is 8.99. The number of aromatic nitrogens is 3. The van der Waals surface area contributed by atoms with Crippen LogP contribution in [-0.2, 0) is 13.1 Å². The Hall–Kier alpha value is -1.10. The molecule has 0 atom stereocenters. The van der Waals surface area contributed by atoms with Crippen LogP contribution in [0.4, 0.5) is 5.95 Å². The van der Waals surface area contributed by atoms with E-state index in [0.717, 1.165) is 25.5 Å². The largest absolute Gasteiger partial charge is 0.366 e. The summed E-state index contributed by atoms with van der Waals surface area (Å²) in [7, 11) is 0. The molecule has 2 N–H and O–H groups in total. The van der Waals surface area contributed by atoms with Gasteiger partial charge in [0.1, 0.15) is 5.82 Å². The molecule has 0 fully saturated rings. The Bertz CT molecular complexity index is 335. The first-order chi connectivity index (χ1) is 6.47. The summed E-state index contributed by atoms with van der Waals surface area (Å²) in [6, 6.07) is 0. The molecule has 0 bridgehead atoms. The highest BCUT2D eigenvalue weighted by Crippen LogP contribution is 2.20. The van der Waals surface area contributed by atoms with Crippen LogP contribution >= 0.6 is 0 Å². The van der Waals surface area contributed by atoms with Gasteiger partial charge in [-0.1, -0.05) is 0 Å². The van der Waals surface area contributed by atoms with Crippen molar-refractivity contribution in [3.63, 3.8) is 0 Å². The second kappa shape index (κ2) is 2.95. The zero-order valence-corrected chi connectivity index (χ0v) is 8.99. The van der Waals surface area contributed by atoms with E-state index in [4.69, 9.17) is 5.73 Å². The van der Waals surface area contributed by atoms with Gasteiger partial charge in [0.15, 0.2) is 0 Å². The summed E-state index contributed by atoms with van der Waals surface area (Å²) in [5, 5.41) is 4.12. The quantitative estimate of drug-likeness (QED) is 0.654. The van der Waals surface area contributed by atoms with E-state index in [9.17, 15) is 0 Å². The molecule has 1 aromatic heterocycles. The van der Waals surface area contributed by atoms with Crippen molar-refractivity contribution in [2.24, 2.45) is 0 Å². The summed E-state index contributed by atoms with van der Waals surface area (Å²) in [5.74, 6) is 1.36. The maximum absolute atomic E-state index is 5.55. The van der Waals surface area contributed by atoms with Crippen LogP contribution in [0.3, 0.4) is 0 Å². The molecule has 1 aliphatic rings. The van der Waals surface area contributed by atoms with Gasteiger partial charge < -0.3 is 5.73 Å². The van der Waals surface area contributed by atoms with E-state index in [1.807, 2.05) is 4.68 Å². The molecule has 0 unspecified atom stereocenters. The van der Waals surface area contributed by atoms with E-state index in [0.29, 0.717) is 5.95 Å². The van der Waals surface area contributed by atoms with Crippen LogP contribution in [0.2, 0.25) is 0 Å². The van der Waals surface area contributed by atoms with E-state index < -0.39 is 0 Å². The molecule has 0 aliphatic carbocycles. The maximum Gasteiger partial charge on any atom is 0.239 e. The Balaban J connectivity index is 2.21. The van der Waals surface area contributed by atoms with Gasteiger partial charge in [-0.25, -0.2) is 4.68 Å². The van der Waals surface area contributed by atoms with Gasteiger partial charge in [-0.15, -0.1) is 5.10 Å². The lowest BCUT2D eigenvalue weighted by Crippen LogP contribution is -2.46. The summed E-state index contributed by atoms with van der Waals surface area (Å²) >= 11 is 0. The van der Waals surface area contributed by atoms with Crippen LogP contribution in [0.5, 0.6) is 0 Å². The fraction of sp³-hybridized carbons (Fsp3) is 0.778. The second-order valence-corrected chi connectivity index (χ2v) is 4.70. The molecule has 0 radical (unpaired) electrons. The number of nitrogen functional groups attached to an aromatic ring is 1. The molecule has 1 aromatic rings. The van der Waals surface area contributed by atoms with Crippen molar-refractivity contribution >= 4 is 5.95 Å². The minimum atomic E-state index is 0.186. The molecule has 0 saturated heterocycles. The van der Waals surface area contributed by atoms with Gasteiger partial charge in [0.25, 0.3) is 0 Å². The van der Waals surface area contributed by atoms with E-state index in [-0.39, 0.29) is 5.54 Å². The standard InChI is InChI=1S/C9H17N5/c1-9(2,3)13-4-5-14-7(6-13)11-8(10)12-14/h4-6H2,1-3H3,(H2,10,12). The van der Waals surface area contributed by atoms with Gasteiger partial charge in [-0.05, 0) is 20.8 Å². The van der Waals surface area contributed by atoms with Crippen LogP contribution in [0.15, 0.2) is 0 Å². The second-order valence-electron chi connectivity index (χ2n) is 4.70. The fourth-order valence-corrected chi connectivity index (χ4v) is 1.73. The smallest absolute Gasteiger partial charge is 0.239 e. The lowest BCUT2D eigenvalue weighted by molar-refractivity contribution is 0.0967. The molecular weight excluding hydrogens is 178 g/mol. The van der Waals surface area contributed by atoms with Crippen molar-refractivity contribution in [3.05, 3.63) is 5.82 Å². The average molecular weight is 195 g/mol. The first-order valence-electron chi connectivity index (χ1n) is 4.91. The number of hydrogen-bond donors (Lipinski definition) is 1. The average Bonchev–Trinajstić information content (AvgIpc) is 2.41. The van der Waals surface area contributed by atoms with Crippen molar-refractivity contribution in [2.45, 2.75) is 39.4 Å². The van der Waals surface area contributed by atoms with Crippen molar-refractivity contribution in [2.75, 3.05) is 12.3 Å². The molecule has 0 aromatic carbocycles. The maximum atomic E-state index is 5.55. The molecule has 78 valence electrons. The third-order valence-corrected chi connectivity index (χ3v) is 2.63. The van der Waals surface area contributed by atoms with Gasteiger partial charge in [0.05, 0.1) is 13.1 Å². The Kier molecular flexibility index (Phi) is 1.99. The topological polar surface area (TPSA) is 60.0 Å². The van der Waals surface area contributed by atoms with Gasteiger partial charge in [0, 0.05) is 12.1 Å². The number of nitrogens with two attached hydrogens (primary N) is 1. The van der Waals surface area contributed by atoms with E-state index in [1.165, 1.54) is 0 Å². The third-order valence-electron chi connectivity index (χ3n) is 2.63. The normalized spacial score (nSPS) is 18.2. The Morgan fingerprint density at radius 2 is 2.00 bits per heavy atom. The van der Waals surface area contributed by atoms with Crippen LogP contribution < -0.4 is 5.73 Å². The van der Waals surface area contributed by atoms with Crippen molar-refractivity contribution in [1.29, 1.82) is 0 Å². The molecule has 0 spiro atoms. The van der Waals surface area contributed by atoms with E-state index in [2.05, 4.69) is 35.8 Å². The van der Waals surface area contributed by atoms with Gasteiger partial charge in [-0.2, -0.15) is 4.98 Å². The summed E-state index contributed by atoms with van der Waals surface area (Å²) in [6.07, 6.45) is 0. The fourth-order valence-electron chi connectivity index (χ4n) is 1.73. The highest BCUT2D eigenvalue weighted by molar-refractivity contribution is 5.14. The van der Waals surface area contributed by atoms with Gasteiger partial charge in [0.2, 0.25) is 5.95 Å². The van der Waals surface area contributed by atoms with Gasteiger partial charge in [-0.3, -0.25) is 4.90 Å². The Morgan fingerprint density at radius 1 is 1.29 bits per heavy atom. The molecule has 5 nitrogen and oxygen atoms in total. The molecule has 14 heavy (non-hydrogen) atoms. The summed E-state index contributed by atoms with van der Waals surface area (Å²) < 4.78 is 1.90. The van der Waals surface area contributed by atoms with E-state index in [1.54, 1.807) is 0 Å². The highest BCUT2D eigenvalue weighted by Gasteiger charge is 2.27. The highest BCUT2D eigenvalue weighted by atomic mass is 15.4. The molecule has 5 heteroatoms. The number of anilines is 1. The van der Waals surface area contributed by atoms with Crippen LogP contribution in [0, 0.1) is 0 Å². The molecule has 0 amide bonds. The number of hydrogen-bond acceptors (Lipinski definition) is 4. The first kappa shape index (κ1) is 9.45. The predicted molar refractivity (Wildman–Crippen MR) is 54.6 cm³/mol. The molecule has 2 rings (SSSR count). The lowest BCUT2D eigenvalue weighted by atomic mass is 10.1. The Morgan fingerprint density at radius 3 is 2.64 bits per heavy atom. The molecule has 2 heterocycles. The number of fused-ring (bicyclic) bond motifs is 1. The minimum Gasteiger partial charge on any atom is -0.366 e. The van der Waals surface area contributed by atoms with Crippen LogP contribution in [-0.4, -0.2) is 31.7 Å².